The smallest absolute Gasteiger partial charge is 0.407 e. The zero-order chi connectivity index (χ0) is 24.8. The molecule has 7 heteroatoms. The highest BCUT2D eigenvalue weighted by Gasteiger charge is 2.32. The van der Waals surface area contributed by atoms with E-state index in [1.807, 2.05) is 36.4 Å². The zero-order valence-corrected chi connectivity index (χ0v) is 19.5. The topological polar surface area (TPSA) is 105 Å². The third-order valence-electron chi connectivity index (χ3n) is 7.04. The van der Waals surface area contributed by atoms with Crippen LogP contribution in [0.3, 0.4) is 0 Å². The predicted octanol–water partition coefficient (Wildman–Crippen LogP) is 3.92. The number of aliphatic carboxylic acids is 1. The van der Waals surface area contributed by atoms with Gasteiger partial charge in [-0.3, -0.25) is 9.59 Å². The van der Waals surface area contributed by atoms with E-state index in [1.165, 1.54) is 0 Å². The quantitative estimate of drug-likeness (QED) is 0.503. The third-order valence-corrected chi connectivity index (χ3v) is 7.04. The van der Waals surface area contributed by atoms with Crippen molar-refractivity contribution in [3.8, 4) is 23.5 Å². The average molecular weight is 475 g/mol. The SMILES string of the molecule is C#CCC(NC(=O)OCC1c2ccccc2-c2ccccc21)C(=O)NCC1CCCCC1C(=O)O. The summed E-state index contributed by atoms with van der Waals surface area (Å²) in [5.41, 5.74) is 4.45. The molecule has 7 nitrogen and oxygen atoms in total. The maximum Gasteiger partial charge on any atom is 0.407 e. The highest BCUT2D eigenvalue weighted by atomic mass is 16.5. The van der Waals surface area contributed by atoms with Gasteiger partial charge in [0, 0.05) is 18.9 Å². The second-order valence-electron chi connectivity index (χ2n) is 9.17. The number of carbonyl (C=O) groups excluding carboxylic acids is 2. The van der Waals surface area contributed by atoms with E-state index >= 15 is 0 Å². The molecular weight excluding hydrogens is 444 g/mol. The van der Waals surface area contributed by atoms with Crippen molar-refractivity contribution in [3.63, 3.8) is 0 Å². The van der Waals surface area contributed by atoms with E-state index in [9.17, 15) is 19.5 Å². The molecule has 0 heterocycles. The van der Waals surface area contributed by atoms with Crippen molar-refractivity contribution in [2.75, 3.05) is 13.2 Å². The highest BCUT2D eigenvalue weighted by Crippen LogP contribution is 2.44. The Bertz CT molecular complexity index is 1090. The summed E-state index contributed by atoms with van der Waals surface area (Å²) in [6, 6.07) is 15.1. The summed E-state index contributed by atoms with van der Waals surface area (Å²) in [7, 11) is 0. The molecule has 3 atom stereocenters. The molecule has 2 aliphatic carbocycles. The highest BCUT2D eigenvalue weighted by molar-refractivity contribution is 5.86. The standard InChI is InChI=1S/C28H30N2O5/c1-2-9-25(26(31)29-16-18-10-3-4-11-19(18)27(32)33)30-28(34)35-17-24-22-14-7-5-12-20(22)21-13-6-8-15-23(21)24/h1,5-8,12-15,18-19,24-25H,3-4,9-11,16-17H2,(H,29,31)(H,30,34)(H,32,33). The number of amides is 2. The molecule has 4 rings (SSSR count). The fourth-order valence-electron chi connectivity index (χ4n) is 5.24. The fraction of sp³-hybridized carbons (Fsp3) is 0.393. The largest absolute Gasteiger partial charge is 0.481 e. The molecule has 182 valence electrons. The Kier molecular flexibility index (Phi) is 7.71. The van der Waals surface area contributed by atoms with Crippen LogP contribution in [-0.4, -0.2) is 42.3 Å². The summed E-state index contributed by atoms with van der Waals surface area (Å²) < 4.78 is 5.53. The molecule has 2 aromatic carbocycles. The van der Waals surface area contributed by atoms with E-state index in [0.29, 0.717) is 6.42 Å². The number of fused-ring (bicyclic) bond motifs is 3. The number of alkyl carbamates (subject to hydrolysis) is 1. The van der Waals surface area contributed by atoms with E-state index in [-0.39, 0.29) is 31.4 Å². The number of ether oxygens (including phenoxy) is 1. The van der Waals surface area contributed by atoms with Crippen LogP contribution in [0.1, 0.15) is 49.1 Å². The van der Waals surface area contributed by atoms with Crippen LogP contribution in [-0.2, 0) is 14.3 Å². The van der Waals surface area contributed by atoms with Crippen LogP contribution >= 0.6 is 0 Å². The van der Waals surface area contributed by atoms with E-state index < -0.39 is 29.9 Å². The molecule has 2 aliphatic rings. The summed E-state index contributed by atoms with van der Waals surface area (Å²) >= 11 is 0. The minimum absolute atomic E-state index is 0.00303. The van der Waals surface area contributed by atoms with Gasteiger partial charge >= 0.3 is 12.1 Å². The van der Waals surface area contributed by atoms with E-state index in [4.69, 9.17) is 11.2 Å². The van der Waals surface area contributed by atoms with Crippen LogP contribution in [0.2, 0.25) is 0 Å². The van der Waals surface area contributed by atoms with Crippen molar-refractivity contribution in [2.24, 2.45) is 11.8 Å². The average Bonchev–Trinajstić information content (AvgIpc) is 3.19. The van der Waals surface area contributed by atoms with Crippen LogP contribution in [0.15, 0.2) is 48.5 Å². The lowest BCUT2D eigenvalue weighted by Gasteiger charge is -2.29. The van der Waals surface area contributed by atoms with Crippen molar-refractivity contribution in [1.82, 2.24) is 10.6 Å². The summed E-state index contributed by atoms with van der Waals surface area (Å²) in [4.78, 5) is 36.9. The predicted molar refractivity (Wildman–Crippen MR) is 132 cm³/mol. The molecule has 3 unspecified atom stereocenters. The second-order valence-corrected chi connectivity index (χ2v) is 9.17. The van der Waals surface area contributed by atoms with Crippen LogP contribution in [0, 0.1) is 24.2 Å². The Labute approximate surface area is 205 Å². The number of nitrogens with one attached hydrogen (secondary N) is 2. The van der Waals surface area contributed by atoms with Gasteiger partial charge in [0.2, 0.25) is 5.91 Å². The lowest BCUT2D eigenvalue weighted by molar-refractivity contribution is -0.145. The van der Waals surface area contributed by atoms with Gasteiger partial charge in [0.1, 0.15) is 12.6 Å². The van der Waals surface area contributed by atoms with Gasteiger partial charge in [-0.2, -0.15) is 0 Å². The number of rotatable bonds is 8. The maximum atomic E-state index is 12.8. The summed E-state index contributed by atoms with van der Waals surface area (Å²) in [5, 5.41) is 14.8. The van der Waals surface area contributed by atoms with Crippen LogP contribution in [0.4, 0.5) is 4.79 Å². The molecule has 0 radical (unpaired) electrons. The van der Waals surface area contributed by atoms with Crippen molar-refractivity contribution in [2.45, 2.75) is 44.1 Å². The first-order valence-electron chi connectivity index (χ1n) is 12.0. The molecule has 2 amide bonds. The molecule has 3 N–H and O–H groups in total. The first kappa shape index (κ1) is 24.3. The third kappa shape index (κ3) is 5.48. The van der Waals surface area contributed by atoms with Gasteiger partial charge in [0.15, 0.2) is 0 Å². The van der Waals surface area contributed by atoms with Gasteiger partial charge < -0.3 is 20.5 Å². The second kappa shape index (κ2) is 11.1. The van der Waals surface area contributed by atoms with Gasteiger partial charge in [-0.1, -0.05) is 61.4 Å². The number of benzene rings is 2. The van der Waals surface area contributed by atoms with Gasteiger partial charge in [0.05, 0.1) is 5.92 Å². The molecule has 0 aliphatic heterocycles. The van der Waals surface area contributed by atoms with Crippen molar-refractivity contribution >= 4 is 18.0 Å². The normalized spacial score (nSPS) is 19.5. The Morgan fingerprint density at radius 3 is 2.29 bits per heavy atom. The van der Waals surface area contributed by atoms with Gasteiger partial charge in [-0.25, -0.2) is 4.79 Å². The van der Waals surface area contributed by atoms with Gasteiger partial charge in [0.25, 0.3) is 0 Å². The summed E-state index contributed by atoms with van der Waals surface area (Å²) in [6.45, 7) is 0.371. The minimum atomic E-state index is -0.956. The first-order chi connectivity index (χ1) is 17.0. The number of terminal acetylenes is 1. The Hall–Kier alpha value is -3.79. The number of hydrogen-bond acceptors (Lipinski definition) is 4. The molecule has 0 spiro atoms. The van der Waals surface area contributed by atoms with Crippen LogP contribution < -0.4 is 10.6 Å². The Balaban J connectivity index is 1.34. The Morgan fingerprint density at radius 2 is 1.66 bits per heavy atom. The number of hydrogen-bond donors (Lipinski definition) is 3. The molecule has 0 bridgehead atoms. The number of carboxylic acids is 1. The lowest BCUT2D eigenvalue weighted by Crippen LogP contribution is -2.48. The molecule has 1 fully saturated rings. The number of carboxylic acid groups (broad SMARTS) is 1. The molecule has 0 saturated heterocycles. The molecule has 35 heavy (non-hydrogen) atoms. The zero-order valence-electron chi connectivity index (χ0n) is 19.5. The molecule has 1 saturated carbocycles. The number of carbonyl (C=O) groups is 3. The minimum Gasteiger partial charge on any atom is -0.481 e. The monoisotopic (exact) mass is 474 g/mol. The molecule has 0 aromatic heterocycles. The van der Waals surface area contributed by atoms with E-state index in [1.54, 1.807) is 0 Å². The Morgan fingerprint density at radius 1 is 1.03 bits per heavy atom. The van der Waals surface area contributed by atoms with Gasteiger partial charge in [-0.05, 0) is 41.0 Å². The van der Waals surface area contributed by atoms with Crippen LogP contribution in [0.25, 0.3) is 11.1 Å². The summed E-state index contributed by atoms with van der Waals surface area (Å²) in [6.07, 6.45) is 7.89. The van der Waals surface area contributed by atoms with Crippen molar-refractivity contribution < 1.29 is 24.2 Å². The van der Waals surface area contributed by atoms with E-state index in [0.717, 1.165) is 41.5 Å². The molecule has 2 aromatic rings. The maximum absolute atomic E-state index is 12.8. The van der Waals surface area contributed by atoms with Gasteiger partial charge in [-0.15, -0.1) is 12.3 Å². The van der Waals surface area contributed by atoms with Crippen molar-refractivity contribution in [3.05, 3.63) is 59.7 Å². The van der Waals surface area contributed by atoms with Crippen LogP contribution in [0.5, 0.6) is 0 Å². The van der Waals surface area contributed by atoms with E-state index in [2.05, 4.69) is 28.7 Å². The lowest BCUT2D eigenvalue weighted by atomic mass is 9.79. The fourth-order valence-corrected chi connectivity index (χ4v) is 5.24. The first-order valence-corrected chi connectivity index (χ1v) is 12.0. The molecular formula is C28H30N2O5. The van der Waals surface area contributed by atoms with Crippen molar-refractivity contribution in [1.29, 1.82) is 0 Å². The summed E-state index contributed by atoms with van der Waals surface area (Å²) in [5.74, 6) is 0.455.